The Hall–Kier alpha value is -2.35. The number of furan rings is 1. The smallest absolute Gasteiger partial charge is 0.188 e. The quantitative estimate of drug-likeness (QED) is 0.0832. The highest BCUT2D eigenvalue weighted by Crippen LogP contribution is 2.72. The standard InChI is InChI=1S/C48H71N3O4/c1-32-25-46(21-15-33(26-46)16-22-47(53)19-7-12-39(52)27-47)43-45(2,55-43)20-17-42-40(32)28-48(42,37-10-4-3-5-11-37)38-14-13-34(24-38)29-51-44(49)50-23-18-35-8-6-9-36-30-54-31-41(35)36/h6,8-9,30-31,33-34,37-40,42-43,52-53H,1,3-5,7,10-29H2,2H3,(H3,49,50,51)/t33-,34+,38+,39+,40-,42+,43-,45-,46-,47-,48+/m1/s1. The van der Waals surface area contributed by atoms with Gasteiger partial charge in [0.25, 0.3) is 0 Å². The molecule has 6 aliphatic carbocycles. The first-order valence-corrected chi connectivity index (χ1v) is 22.8. The van der Waals surface area contributed by atoms with Crippen molar-refractivity contribution in [3.8, 4) is 0 Å². The summed E-state index contributed by atoms with van der Waals surface area (Å²) in [4.78, 5) is 4.92. The Morgan fingerprint density at radius 1 is 0.945 bits per heavy atom. The molecule has 7 fully saturated rings. The van der Waals surface area contributed by atoms with Gasteiger partial charge in [-0.1, -0.05) is 49.6 Å². The van der Waals surface area contributed by atoms with Gasteiger partial charge in [0.15, 0.2) is 5.96 Å². The maximum absolute atomic E-state index is 11.3. The van der Waals surface area contributed by atoms with Gasteiger partial charge in [0, 0.05) is 35.7 Å². The van der Waals surface area contributed by atoms with Gasteiger partial charge in [-0.05, 0) is 169 Å². The fraction of sp³-hybridized carbons (Fsp3) is 0.771. The number of epoxide rings is 1. The molecule has 6 saturated carbocycles. The van der Waals surface area contributed by atoms with E-state index in [2.05, 4.69) is 30.4 Å². The lowest BCUT2D eigenvalue weighted by atomic mass is 9.40. The number of nitrogens with one attached hydrogen (secondary N) is 1. The molecule has 302 valence electrons. The number of aliphatic hydroxyl groups excluding tert-OH is 1. The Morgan fingerprint density at radius 2 is 1.82 bits per heavy atom. The van der Waals surface area contributed by atoms with E-state index in [-0.39, 0.29) is 17.1 Å². The van der Waals surface area contributed by atoms with Crippen LogP contribution in [0.3, 0.4) is 0 Å². The summed E-state index contributed by atoms with van der Waals surface area (Å²) in [6, 6.07) is 6.36. The molecule has 1 saturated heterocycles. The van der Waals surface area contributed by atoms with Crippen molar-refractivity contribution in [1.29, 1.82) is 0 Å². The molecular formula is C48H71N3O4. The van der Waals surface area contributed by atoms with E-state index in [1.807, 2.05) is 12.5 Å². The van der Waals surface area contributed by atoms with Gasteiger partial charge in [-0.3, -0.25) is 4.99 Å². The summed E-state index contributed by atoms with van der Waals surface area (Å²) < 4.78 is 12.3. The van der Waals surface area contributed by atoms with E-state index in [1.54, 1.807) is 5.57 Å². The van der Waals surface area contributed by atoms with Crippen molar-refractivity contribution in [3.63, 3.8) is 0 Å². The largest absolute Gasteiger partial charge is 0.471 e. The van der Waals surface area contributed by atoms with Gasteiger partial charge in [0.1, 0.15) is 0 Å². The third-order valence-electron chi connectivity index (χ3n) is 17.3. The summed E-state index contributed by atoms with van der Waals surface area (Å²) in [5.41, 5.74) is 9.27. The maximum atomic E-state index is 11.3. The summed E-state index contributed by atoms with van der Waals surface area (Å²) in [5.74, 6) is 4.88. The SMILES string of the molecule is C=C1C[C@@]2(CC[C@H](CC[C@]3(O)CCC[C@H](O)C3)C2)[C@@H]2O[C@]2(C)CC[C@H]2[C@@H]1C[C@]2(C1CCCCC1)[C@H]1CC[C@H](CN=C(N)NCCc2cccc3cocc23)C1. The second-order valence-electron chi connectivity index (χ2n) is 20.6. The predicted octanol–water partition coefficient (Wildman–Crippen LogP) is 9.63. The summed E-state index contributed by atoms with van der Waals surface area (Å²) in [6.45, 7) is 9.04. The van der Waals surface area contributed by atoms with E-state index in [0.717, 1.165) is 81.2 Å². The number of fused-ring (bicyclic) bond motifs is 4. The zero-order chi connectivity index (χ0) is 37.8. The van der Waals surface area contributed by atoms with Crippen LogP contribution in [0.5, 0.6) is 0 Å². The van der Waals surface area contributed by atoms with Gasteiger partial charge < -0.3 is 30.4 Å². The summed E-state index contributed by atoms with van der Waals surface area (Å²) in [5, 5.41) is 27.3. The number of guanidine groups is 1. The Morgan fingerprint density at radius 3 is 2.67 bits per heavy atom. The van der Waals surface area contributed by atoms with Crippen LogP contribution in [0.2, 0.25) is 0 Å². The van der Waals surface area contributed by atoms with Gasteiger partial charge in [-0.2, -0.15) is 0 Å². The number of aliphatic hydroxyl groups is 2. The van der Waals surface area contributed by atoms with E-state index in [4.69, 9.17) is 26.5 Å². The Kier molecular flexibility index (Phi) is 10.5. The van der Waals surface area contributed by atoms with Crippen LogP contribution in [0, 0.1) is 46.3 Å². The van der Waals surface area contributed by atoms with Crippen LogP contribution >= 0.6 is 0 Å². The van der Waals surface area contributed by atoms with Crippen LogP contribution in [0.1, 0.15) is 147 Å². The van der Waals surface area contributed by atoms with Gasteiger partial charge in [-0.25, -0.2) is 0 Å². The topological polar surface area (TPSA) is 117 Å². The minimum atomic E-state index is -0.673. The third kappa shape index (κ3) is 7.35. The molecule has 2 heterocycles. The summed E-state index contributed by atoms with van der Waals surface area (Å²) in [6.07, 6.45) is 29.4. The molecule has 5 N–H and O–H groups in total. The molecule has 0 unspecified atom stereocenters. The first-order valence-electron chi connectivity index (χ1n) is 22.8. The van der Waals surface area contributed by atoms with Crippen LogP contribution < -0.4 is 11.1 Å². The van der Waals surface area contributed by atoms with Crippen molar-refractivity contribution in [2.45, 2.75) is 172 Å². The average Bonchev–Trinajstić information content (AvgIpc) is 3.60. The maximum Gasteiger partial charge on any atom is 0.188 e. The van der Waals surface area contributed by atoms with Crippen molar-refractivity contribution < 1.29 is 19.4 Å². The van der Waals surface area contributed by atoms with Crippen LogP contribution in [-0.4, -0.2) is 52.7 Å². The van der Waals surface area contributed by atoms with Crippen molar-refractivity contribution in [2.75, 3.05) is 13.1 Å². The summed E-state index contributed by atoms with van der Waals surface area (Å²) >= 11 is 0. The van der Waals surface area contributed by atoms with Gasteiger partial charge in [-0.15, -0.1) is 0 Å². The van der Waals surface area contributed by atoms with Gasteiger partial charge in [0.2, 0.25) is 0 Å². The molecule has 7 nitrogen and oxygen atoms in total. The number of nitrogens with zero attached hydrogens (tertiary/aromatic N) is 1. The lowest BCUT2D eigenvalue weighted by Crippen LogP contribution is -2.57. The molecule has 0 amide bonds. The third-order valence-corrected chi connectivity index (χ3v) is 17.3. The highest BCUT2D eigenvalue weighted by atomic mass is 16.6. The molecule has 1 aromatic carbocycles. The fourth-order valence-corrected chi connectivity index (χ4v) is 14.6. The minimum Gasteiger partial charge on any atom is -0.471 e. The van der Waals surface area contributed by atoms with E-state index in [1.165, 1.54) is 101 Å². The first kappa shape index (κ1) is 38.2. The number of rotatable bonds is 10. The second kappa shape index (κ2) is 15.1. The normalized spacial score (nSPS) is 42.3. The van der Waals surface area contributed by atoms with Gasteiger partial charge in [0.05, 0.1) is 35.9 Å². The number of ether oxygens (including phenoxy) is 1. The van der Waals surface area contributed by atoms with Crippen molar-refractivity contribution in [1.82, 2.24) is 5.32 Å². The molecular weight excluding hydrogens is 683 g/mol. The Labute approximate surface area is 330 Å². The Balaban J connectivity index is 0.850. The van der Waals surface area contributed by atoms with Crippen molar-refractivity contribution in [3.05, 3.63) is 48.4 Å². The summed E-state index contributed by atoms with van der Waals surface area (Å²) in [7, 11) is 0. The van der Waals surface area contributed by atoms with Crippen LogP contribution in [0.25, 0.3) is 10.8 Å². The molecule has 2 aromatic rings. The van der Waals surface area contributed by atoms with Crippen molar-refractivity contribution >= 4 is 16.7 Å². The fourth-order valence-electron chi connectivity index (χ4n) is 14.6. The lowest BCUT2D eigenvalue weighted by molar-refractivity contribution is -0.138. The van der Waals surface area contributed by atoms with Crippen LogP contribution in [0.15, 0.2) is 52.3 Å². The number of hydrogen-bond donors (Lipinski definition) is 4. The monoisotopic (exact) mass is 754 g/mol. The Bertz CT molecular complexity index is 1720. The number of hydrogen-bond acceptors (Lipinski definition) is 5. The van der Waals surface area contributed by atoms with E-state index in [0.29, 0.717) is 41.7 Å². The highest BCUT2D eigenvalue weighted by molar-refractivity contribution is 5.84. The van der Waals surface area contributed by atoms with Crippen LogP contribution in [-0.2, 0) is 11.2 Å². The molecule has 0 bridgehead atoms. The zero-order valence-corrected chi connectivity index (χ0v) is 33.9. The lowest BCUT2D eigenvalue weighted by Gasteiger charge is -2.64. The molecule has 9 rings (SSSR count). The molecule has 55 heavy (non-hydrogen) atoms. The number of benzene rings is 1. The molecule has 7 aliphatic rings. The molecule has 7 heteroatoms. The average molecular weight is 754 g/mol. The molecule has 11 atom stereocenters. The second-order valence-corrected chi connectivity index (χ2v) is 20.6. The zero-order valence-electron chi connectivity index (χ0n) is 33.9. The molecule has 1 aliphatic heterocycles. The molecule has 1 spiro atoms. The van der Waals surface area contributed by atoms with Crippen molar-refractivity contribution in [2.24, 2.45) is 57.1 Å². The van der Waals surface area contributed by atoms with E-state index < -0.39 is 5.60 Å². The van der Waals surface area contributed by atoms with E-state index >= 15 is 0 Å². The molecule has 1 aromatic heterocycles. The first-order chi connectivity index (χ1) is 26.6. The number of allylic oxidation sites excluding steroid dienone is 1. The minimum absolute atomic E-state index is 0.00608. The number of nitrogens with two attached hydrogens (primary N) is 1. The predicted molar refractivity (Wildman–Crippen MR) is 221 cm³/mol. The highest BCUT2D eigenvalue weighted by Gasteiger charge is 2.68. The van der Waals surface area contributed by atoms with Crippen LogP contribution in [0.4, 0.5) is 0 Å². The van der Waals surface area contributed by atoms with E-state index in [9.17, 15) is 10.2 Å². The number of aliphatic imine (C=N–C) groups is 1. The molecule has 0 radical (unpaired) electrons. The van der Waals surface area contributed by atoms with Gasteiger partial charge >= 0.3 is 0 Å².